The predicted octanol–water partition coefficient (Wildman–Crippen LogP) is 6.48. The normalized spacial score (nSPS) is 11.6. The van der Waals surface area contributed by atoms with Crippen LogP contribution in [0.4, 0.5) is 5.00 Å². The fourth-order valence-corrected chi connectivity index (χ4v) is 3.89. The predicted molar refractivity (Wildman–Crippen MR) is 120 cm³/mol. The van der Waals surface area contributed by atoms with Crippen molar-refractivity contribution in [3.05, 3.63) is 95.0 Å². The fourth-order valence-electron chi connectivity index (χ4n) is 2.79. The molecule has 0 saturated carbocycles. The van der Waals surface area contributed by atoms with E-state index in [-0.39, 0.29) is 0 Å². The van der Waals surface area contributed by atoms with Gasteiger partial charge in [-0.2, -0.15) is 0 Å². The number of rotatable bonds is 4. The number of nitrogens with zero attached hydrogens (tertiary/aromatic N) is 2. The van der Waals surface area contributed by atoms with Crippen LogP contribution in [-0.2, 0) is 0 Å². The SMILES string of the molecule is Cc1ccc(-c2nc(-c3ccccc3)sc2/N=C(\N)c2ccc(Cl)cc2)cc1. The lowest BCUT2D eigenvalue weighted by Gasteiger charge is -2.03. The Kier molecular flexibility index (Phi) is 5.24. The number of halogens is 1. The summed E-state index contributed by atoms with van der Waals surface area (Å²) in [6, 6.07) is 25.7. The molecule has 0 saturated heterocycles. The zero-order valence-electron chi connectivity index (χ0n) is 15.3. The molecule has 0 aliphatic carbocycles. The maximum absolute atomic E-state index is 6.28. The van der Waals surface area contributed by atoms with Crippen molar-refractivity contribution in [1.82, 2.24) is 4.98 Å². The highest BCUT2D eigenvalue weighted by Crippen LogP contribution is 2.40. The van der Waals surface area contributed by atoms with Crippen LogP contribution in [0.1, 0.15) is 11.1 Å². The third-order valence-electron chi connectivity index (χ3n) is 4.32. The molecule has 28 heavy (non-hydrogen) atoms. The first-order valence-corrected chi connectivity index (χ1v) is 10.0. The van der Waals surface area contributed by atoms with Gasteiger partial charge in [-0.1, -0.05) is 83.1 Å². The molecule has 0 unspecified atom stereocenters. The van der Waals surface area contributed by atoms with Gasteiger partial charge in [0.05, 0.1) is 0 Å². The number of hydrogen-bond donors (Lipinski definition) is 1. The fraction of sp³-hybridized carbons (Fsp3) is 0.0435. The summed E-state index contributed by atoms with van der Waals surface area (Å²) in [5.74, 6) is 0.438. The van der Waals surface area contributed by atoms with Gasteiger partial charge in [-0.05, 0) is 31.2 Å². The number of aromatic nitrogens is 1. The standard InChI is InChI=1S/C23H18ClN3S/c1-15-7-9-16(10-8-15)20-23(27-21(25)17-11-13-19(24)14-12-17)28-22(26-20)18-5-3-2-4-6-18/h2-14H,1H3,(H2,25,27). The Hall–Kier alpha value is -2.95. The molecular formula is C23H18ClN3S. The average molecular weight is 404 g/mol. The number of thiazole rings is 1. The average Bonchev–Trinajstić information content (AvgIpc) is 3.13. The van der Waals surface area contributed by atoms with Crippen LogP contribution in [0.25, 0.3) is 21.8 Å². The van der Waals surface area contributed by atoms with Crippen molar-refractivity contribution in [1.29, 1.82) is 0 Å². The number of benzene rings is 3. The number of aliphatic imine (C=N–C) groups is 1. The highest BCUT2D eigenvalue weighted by Gasteiger charge is 2.15. The lowest BCUT2D eigenvalue weighted by molar-refractivity contribution is 1.37. The van der Waals surface area contributed by atoms with Gasteiger partial charge in [-0.3, -0.25) is 0 Å². The Bertz CT molecular complexity index is 1110. The van der Waals surface area contributed by atoms with E-state index in [0.29, 0.717) is 10.9 Å². The minimum atomic E-state index is 0.438. The molecule has 2 N–H and O–H groups in total. The number of hydrogen-bond acceptors (Lipinski definition) is 3. The molecule has 5 heteroatoms. The van der Waals surface area contributed by atoms with E-state index in [0.717, 1.165) is 32.4 Å². The van der Waals surface area contributed by atoms with Crippen LogP contribution in [0.15, 0.2) is 83.9 Å². The summed E-state index contributed by atoms with van der Waals surface area (Å²) in [5, 5.41) is 2.37. The summed E-state index contributed by atoms with van der Waals surface area (Å²) in [7, 11) is 0. The molecule has 0 aliphatic rings. The summed E-state index contributed by atoms with van der Waals surface area (Å²) in [6.07, 6.45) is 0. The van der Waals surface area contributed by atoms with E-state index in [1.54, 1.807) is 0 Å². The van der Waals surface area contributed by atoms with Crippen LogP contribution < -0.4 is 5.73 Å². The van der Waals surface area contributed by atoms with Crippen molar-refractivity contribution in [2.75, 3.05) is 0 Å². The zero-order valence-corrected chi connectivity index (χ0v) is 16.8. The molecule has 0 bridgehead atoms. The van der Waals surface area contributed by atoms with Gasteiger partial charge in [0, 0.05) is 21.7 Å². The molecule has 0 atom stereocenters. The molecule has 4 aromatic rings. The van der Waals surface area contributed by atoms with E-state index in [4.69, 9.17) is 27.3 Å². The minimum Gasteiger partial charge on any atom is -0.383 e. The van der Waals surface area contributed by atoms with Crippen molar-refractivity contribution < 1.29 is 0 Å². The second-order valence-electron chi connectivity index (χ2n) is 6.41. The Labute approximate surface area is 173 Å². The van der Waals surface area contributed by atoms with Crippen molar-refractivity contribution in [3.63, 3.8) is 0 Å². The molecule has 4 rings (SSSR count). The molecule has 0 spiro atoms. The van der Waals surface area contributed by atoms with E-state index in [2.05, 4.69) is 31.2 Å². The van der Waals surface area contributed by atoms with Gasteiger partial charge in [0.25, 0.3) is 0 Å². The summed E-state index contributed by atoms with van der Waals surface area (Å²) in [5.41, 5.74) is 11.2. The van der Waals surface area contributed by atoms with E-state index in [1.165, 1.54) is 16.9 Å². The van der Waals surface area contributed by atoms with Crippen LogP contribution >= 0.6 is 22.9 Å². The first-order valence-electron chi connectivity index (χ1n) is 8.83. The van der Waals surface area contributed by atoms with Gasteiger partial charge >= 0.3 is 0 Å². The summed E-state index contributed by atoms with van der Waals surface area (Å²) < 4.78 is 0. The topological polar surface area (TPSA) is 51.3 Å². The van der Waals surface area contributed by atoms with Gasteiger partial charge in [-0.25, -0.2) is 9.98 Å². The first kappa shape index (κ1) is 18.4. The zero-order chi connectivity index (χ0) is 19.5. The second kappa shape index (κ2) is 7.97. The lowest BCUT2D eigenvalue weighted by Crippen LogP contribution is -2.12. The second-order valence-corrected chi connectivity index (χ2v) is 7.82. The molecule has 1 aromatic heterocycles. The molecule has 3 nitrogen and oxygen atoms in total. The molecule has 3 aromatic carbocycles. The van der Waals surface area contributed by atoms with Gasteiger partial charge in [0.15, 0.2) is 0 Å². The quantitative estimate of drug-likeness (QED) is 0.313. The molecule has 1 heterocycles. The third-order valence-corrected chi connectivity index (χ3v) is 5.57. The van der Waals surface area contributed by atoms with Gasteiger partial charge in [-0.15, -0.1) is 0 Å². The highest BCUT2D eigenvalue weighted by atomic mass is 35.5. The van der Waals surface area contributed by atoms with Crippen LogP contribution in [0.2, 0.25) is 5.02 Å². The first-order chi connectivity index (χ1) is 13.6. The van der Waals surface area contributed by atoms with Crippen LogP contribution in [0, 0.1) is 6.92 Å². The molecule has 0 radical (unpaired) electrons. The highest BCUT2D eigenvalue weighted by molar-refractivity contribution is 7.19. The minimum absolute atomic E-state index is 0.438. The summed E-state index contributed by atoms with van der Waals surface area (Å²) >= 11 is 7.51. The smallest absolute Gasteiger partial charge is 0.146 e. The molecular weight excluding hydrogens is 386 g/mol. The number of aryl methyl sites for hydroxylation is 1. The van der Waals surface area contributed by atoms with Crippen molar-refractivity contribution in [2.45, 2.75) is 6.92 Å². The van der Waals surface area contributed by atoms with Crippen molar-refractivity contribution >= 4 is 33.8 Å². The van der Waals surface area contributed by atoms with Crippen LogP contribution in [0.5, 0.6) is 0 Å². The molecule has 0 amide bonds. The van der Waals surface area contributed by atoms with Gasteiger partial charge in [0.2, 0.25) is 0 Å². The Morgan fingerprint density at radius 2 is 1.57 bits per heavy atom. The Morgan fingerprint density at radius 3 is 2.25 bits per heavy atom. The lowest BCUT2D eigenvalue weighted by atomic mass is 10.1. The van der Waals surface area contributed by atoms with E-state index in [9.17, 15) is 0 Å². The Balaban J connectivity index is 1.82. The molecule has 138 valence electrons. The molecule has 0 fully saturated rings. The van der Waals surface area contributed by atoms with E-state index < -0.39 is 0 Å². The van der Waals surface area contributed by atoms with Crippen LogP contribution in [0.3, 0.4) is 0 Å². The van der Waals surface area contributed by atoms with Crippen LogP contribution in [-0.4, -0.2) is 10.8 Å². The monoisotopic (exact) mass is 403 g/mol. The van der Waals surface area contributed by atoms with E-state index in [1.807, 2.05) is 54.6 Å². The van der Waals surface area contributed by atoms with Crippen molar-refractivity contribution in [2.24, 2.45) is 10.7 Å². The number of nitrogens with two attached hydrogens (primary N) is 1. The maximum atomic E-state index is 6.28. The maximum Gasteiger partial charge on any atom is 0.146 e. The van der Waals surface area contributed by atoms with E-state index >= 15 is 0 Å². The van der Waals surface area contributed by atoms with Gasteiger partial charge in [0.1, 0.15) is 21.5 Å². The largest absolute Gasteiger partial charge is 0.383 e. The third kappa shape index (κ3) is 3.98. The summed E-state index contributed by atoms with van der Waals surface area (Å²) in [6.45, 7) is 2.07. The van der Waals surface area contributed by atoms with Gasteiger partial charge < -0.3 is 5.73 Å². The number of amidine groups is 1. The summed E-state index contributed by atoms with van der Waals surface area (Å²) in [4.78, 5) is 9.59. The molecule has 0 aliphatic heterocycles. The van der Waals surface area contributed by atoms with Crippen molar-refractivity contribution in [3.8, 4) is 21.8 Å². The Morgan fingerprint density at radius 1 is 0.893 bits per heavy atom.